The minimum Gasteiger partial charge on any atom is -0.481 e. The minimum atomic E-state index is -1.04. The molecule has 33 heavy (non-hydrogen) atoms. The number of carboxylic acid groups (broad SMARTS) is 1. The average Bonchev–Trinajstić information content (AvgIpc) is 3.11. The Bertz CT molecular complexity index is 997. The lowest BCUT2D eigenvalue weighted by molar-refractivity contribution is -0.137. The molecule has 0 spiro atoms. The molecule has 174 valence electrons. The van der Waals surface area contributed by atoms with Gasteiger partial charge < -0.3 is 20.5 Å². The fraction of sp³-hybridized carbons (Fsp3) is 0.346. The molecule has 3 rings (SSSR count). The number of carbonyl (C=O) groups excluding carboxylic acids is 2. The Balaban J connectivity index is 1.61. The van der Waals surface area contributed by atoms with E-state index in [1.165, 1.54) is 0 Å². The molecule has 1 aliphatic carbocycles. The van der Waals surface area contributed by atoms with Gasteiger partial charge in [0.2, 0.25) is 5.91 Å². The van der Waals surface area contributed by atoms with E-state index in [1.54, 1.807) is 0 Å². The first kappa shape index (κ1) is 24.0. The summed E-state index contributed by atoms with van der Waals surface area (Å²) in [6.45, 7) is 4.46. The molecule has 2 aromatic rings. The predicted molar refractivity (Wildman–Crippen MR) is 126 cm³/mol. The summed E-state index contributed by atoms with van der Waals surface area (Å²) in [4.78, 5) is 36.1. The van der Waals surface area contributed by atoms with Crippen LogP contribution in [0.1, 0.15) is 50.2 Å². The van der Waals surface area contributed by atoms with E-state index >= 15 is 0 Å². The quantitative estimate of drug-likeness (QED) is 0.371. The Kier molecular flexibility index (Phi) is 8.24. The molecule has 0 heterocycles. The van der Waals surface area contributed by atoms with Crippen LogP contribution in [0, 0.1) is 0 Å². The maximum absolute atomic E-state index is 12.5. The van der Waals surface area contributed by atoms with Gasteiger partial charge in [-0.3, -0.25) is 9.59 Å². The highest BCUT2D eigenvalue weighted by Gasteiger charge is 2.29. The van der Waals surface area contributed by atoms with E-state index in [1.807, 2.05) is 56.3 Å². The first-order valence-electron chi connectivity index (χ1n) is 11.1. The molecule has 1 unspecified atom stereocenters. The highest BCUT2D eigenvalue weighted by Crippen LogP contribution is 2.44. The highest BCUT2D eigenvalue weighted by molar-refractivity contribution is 5.86. The zero-order valence-corrected chi connectivity index (χ0v) is 19.0. The highest BCUT2D eigenvalue weighted by atomic mass is 16.5. The fourth-order valence-electron chi connectivity index (χ4n) is 4.00. The van der Waals surface area contributed by atoms with Crippen LogP contribution < -0.4 is 10.6 Å². The van der Waals surface area contributed by atoms with Crippen molar-refractivity contribution in [3.63, 3.8) is 0 Å². The van der Waals surface area contributed by atoms with Crippen molar-refractivity contribution in [2.45, 2.75) is 45.1 Å². The van der Waals surface area contributed by atoms with Crippen LogP contribution in [-0.4, -0.2) is 42.3 Å². The van der Waals surface area contributed by atoms with Gasteiger partial charge in [-0.1, -0.05) is 60.2 Å². The summed E-state index contributed by atoms with van der Waals surface area (Å²) in [5, 5.41) is 14.3. The number of aliphatic carboxylic acids is 1. The van der Waals surface area contributed by atoms with Crippen LogP contribution in [0.15, 0.2) is 60.2 Å². The Morgan fingerprint density at radius 3 is 2.21 bits per heavy atom. The van der Waals surface area contributed by atoms with Crippen LogP contribution in [0.5, 0.6) is 0 Å². The van der Waals surface area contributed by atoms with Gasteiger partial charge in [0.15, 0.2) is 0 Å². The first-order chi connectivity index (χ1) is 15.9. The van der Waals surface area contributed by atoms with E-state index < -0.39 is 24.0 Å². The van der Waals surface area contributed by atoms with E-state index in [0.717, 1.165) is 27.8 Å². The van der Waals surface area contributed by atoms with Gasteiger partial charge in [-0.25, -0.2) is 4.79 Å². The molecule has 0 saturated carbocycles. The smallest absolute Gasteiger partial charge is 0.407 e. The lowest BCUT2D eigenvalue weighted by Gasteiger charge is -2.19. The molecule has 1 aliphatic rings. The number of carboxylic acids is 1. The number of ether oxygens (including phenoxy) is 1. The minimum absolute atomic E-state index is 0.0198. The molecule has 0 bridgehead atoms. The lowest BCUT2D eigenvalue weighted by Crippen LogP contribution is -2.47. The number of carbonyl (C=O) groups is 3. The van der Waals surface area contributed by atoms with Crippen LogP contribution in [0.4, 0.5) is 4.79 Å². The molecule has 2 aromatic carbocycles. The number of nitrogens with one attached hydrogen (secondary N) is 2. The molecule has 0 aliphatic heterocycles. The summed E-state index contributed by atoms with van der Waals surface area (Å²) in [6, 6.07) is 15.0. The second-order valence-corrected chi connectivity index (χ2v) is 8.32. The van der Waals surface area contributed by atoms with Crippen molar-refractivity contribution < 1.29 is 24.2 Å². The van der Waals surface area contributed by atoms with Crippen LogP contribution in [0.2, 0.25) is 0 Å². The molecule has 1 atom stereocenters. The van der Waals surface area contributed by atoms with Crippen molar-refractivity contribution in [2.75, 3.05) is 13.2 Å². The van der Waals surface area contributed by atoms with Gasteiger partial charge >= 0.3 is 12.1 Å². The molecule has 3 N–H and O–H groups in total. The Labute approximate surface area is 193 Å². The van der Waals surface area contributed by atoms with E-state index in [9.17, 15) is 14.4 Å². The summed E-state index contributed by atoms with van der Waals surface area (Å²) >= 11 is 0. The van der Waals surface area contributed by atoms with Gasteiger partial charge in [0.05, 0.1) is 0 Å². The van der Waals surface area contributed by atoms with Crippen molar-refractivity contribution >= 4 is 18.0 Å². The molecule has 2 amide bonds. The van der Waals surface area contributed by atoms with Crippen LogP contribution >= 0.6 is 0 Å². The summed E-state index contributed by atoms with van der Waals surface area (Å²) in [5.74, 6) is -1.56. The Hall–Kier alpha value is -3.61. The molecule has 0 aromatic heterocycles. The second-order valence-electron chi connectivity index (χ2n) is 8.32. The maximum Gasteiger partial charge on any atom is 0.407 e. The van der Waals surface area contributed by atoms with E-state index in [0.29, 0.717) is 13.0 Å². The number of allylic oxidation sites excluding steroid dienone is 1. The number of benzene rings is 2. The summed E-state index contributed by atoms with van der Waals surface area (Å²) in [7, 11) is 0. The first-order valence-corrected chi connectivity index (χ1v) is 11.1. The van der Waals surface area contributed by atoms with Crippen molar-refractivity contribution in [2.24, 2.45) is 0 Å². The van der Waals surface area contributed by atoms with Crippen molar-refractivity contribution in [1.29, 1.82) is 0 Å². The molecule has 0 radical (unpaired) electrons. The van der Waals surface area contributed by atoms with Crippen molar-refractivity contribution in [1.82, 2.24) is 10.6 Å². The number of hydrogen-bond donors (Lipinski definition) is 3. The number of rotatable bonds is 10. The van der Waals surface area contributed by atoms with Gasteiger partial charge in [0.1, 0.15) is 12.6 Å². The van der Waals surface area contributed by atoms with Gasteiger partial charge in [-0.15, -0.1) is 0 Å². The third-order valence-corrected chi connectivity index (χ3v) is 5.60. The number of amides is 2. The Morgan fingerprint density at radius 1 is 1.03 bits per heavy atom. The van der Waals surface area contributed by atoms with E-state index in [-0.39, 0.29) is 25.4 Å². The van der Waals surface area contributed by atoms with E-state index in [4.69, 9.17) is 9.84 Å². The van der Waals surface area contributed by atoms with Gasteiger partial charge in [0, 0.05) is 18.9 Å². The molecule has 7 nitrogen and oxygen atoms in total. The summed E-state index contributed by atoms with van der Waals surface area (Å²) < 4.78 is 5.50. The summed E-state index contributed by atoms with van der Waals surface area (Å²) in [6.07, 6.45) is 1.64. The second kappa shape index (κ2) is 11.3. The van der Waals surface area contributed by atoms with Gasteiger partial charge in [0.25, 0.3) is 0 Å². The molecular weight excluding hydrogens is 420 g/mol. The Morgan fingerprint density at radius 2 is 1.64 bits per heavy atom. The average molecular weight is 451 g/mol. The predicted octanol–water partition coefficient (Wildman–Crippen LogP) is 4.23. The monoisotopic (exact) mass is 450 g/mol. The fourth-order valence-corrected chi connectivity index (χ4v) is 4.00. The molecular formula is C26H30N2O5. The van der Waals surface area contributed by atoms with Gasteiger partial charge in [-0.2, -0.15) is 0 Å². The van der Waals surface area contributed by atoms with Crippen LogP contribution in [0.3, 0.4) is 0 Å². The normalized spacial score (nSPS) is 12.8. The third kappa shape index (κ3) is 6.44. The van der Waals surface area contributed by atoms with Crippen molar-refractivity contribution in [3.05, 3.63) is 71.3 Å². The van der Waals surface area contributed by atoms with Crippen LogP contribution in [0.25, 0.3) is 11.1 Å². The molecule has 7 heteroatoms. The molecule has 0 saturated heterocycles. The van der Waals surface area contributed by atoms with Crippen molar-refractivity contribution in [3.8, 4) is 11.1 Å². The topological polar surface area (TPSA) is 105 Å². The largest absolute Gasteiger partial charge is 0.481 e. The number of alkyl carbamates (subject to hydrolysis) is 1. The van der Waals surface area contributed by atoms with Crippen LogP contribution in [-0.2, 0) is 14.3 Å². The standard InChI is InChI=1S/C26H30N2O5/c1-17(2)8-7-15-27-25(31)23(13-14-24(29)30)28-26(32)33-16-22-20-11-5-3-9-18(20)19-10-4-6-12-21(19)22/h3-6,8-12,22-23H,7,13-16H2,1-2H3,(H,27,31)(H,28,32)(H,29,30). The SMILES string of the molecule is CC(C)=CCCNC(=O)C(CCC(=O)O)NC(=O)OCC1c2ccccc2-c2ccccc21. The zero-order chi connectivity index (χ0) is 23.8. The van der Waals surface area contributed by atoms with Gasteiger partial charge in [-0.05, 0) is 48.9 Å². The van der Waals surface area contributed by atoms with E-state index in [2.05, 4.69) is 22.8 Å². The molecule has 0 fully saturated rings. The lowest BCUT2D eigenvalue weighted by atomic mass is 9.98. The zero-order valence-electron chi connectivity index (χ0n) is 19.0. The number of hydrogen-bond acceptors (Lipinski definition) is 4. The maximum atomic E-state index is 12.5. The summed E-state index contributed by atoms with van der Waals surface area (Å²) in [5.41, 5.74) is 5.56. The third-order valence-electron chi connectivity index (χ3n) is 5.60. The number of fused-ring (bicyclic) bond motifs is 3.